The van der Waals surface area contributed by atoms with Crippen molar-refractivity contribution in [3.63, 3.8) is 0 Å². The molecule has 8 nitrogen and oxygen atoms in total. The molecule has 0 aromatic heterocycles. The van der Waals surface area contributed by atoms with Crippen molar-refractivity contribution in [1.82, 2.24) is 10.2 Å². The molecule has 9 heteroatoms. The highest BCUT2D eigenvalue weighted by Gasteiger charge is 2.36. The van der Waals surface area contributed by atoms with Crippen LogP contribution in [0, 0.1) is 5.82 Å². The van der Waals surface area contributed by atoms with Crippen molar-refractivity contribution in [2.24, 2.45) is 0 Å². The predicted octanol–water partition coefficient (Wildman–Crippen LogP) is 2.51. The minimum atomic E-state index is -0.856. The predicted molar refractivity (Wildman–Crippen MR) is 105 cm³/mol. The number of urea groups is 1. The molecule has 1 heterocycles. The number of hydrogen-bond donors (Lipinski definition) is 1. The van der Waals surface area contributed by atoms with Gasteiger partial charge in [-0.3, -0.25) is 19.8 Å². The fourth-order valence-electron chi connectivity index (χ4n) is 3.00. The first kappa shape index (κ1) is 20.8. The van der Waals surface area contributed by atoms with E-state index in [-0.39, 0.29) is 23.6 Å². The molecule has 0 atom stereocenters. The SMILES string of the molecule is COc1ccc(C=C2C(=O)NC(=O)N(Cc3ccc(F)cc3)C2=O)c(OC)c1OC. The number of carbonyl (C=O) groups excluding carboxylic acids is 3. The molecule has 0 aliphatic carbocycles. The molecule has 0 bridgehead atoms. The number of carbonyl (C=O) groups is 3. The van der Waals surface area contributed by atoms with Crippen LogP contribution >= 0.6 is 0 Å². The summed E-state index contributed by atoms with van der Waals surface area (Å²) in [6, 6.07) is 7.68. The largest absolute Gasteiger partial charge is 0.493 e. The van der Waals surface area contributed by atoms with Crippen molar-refractivity contribution in [2.45, 2.75) is 6.54 Å². The summed E-state index contributed by atoms with van der Waals surface area (Å²) in [5.41, 5.74) is 0.643. The zero-order valence-electron chi connectivity index (χ0n) is 16.5. The lowest BCUT2D eigenvalue weighted by atomic mass is 10.0. The maximum Gasteiger partial charge on any atom is 0.331 e. The first-order chi connectivity index (χ1) is 14.4. The van der Waals surface area contributed by atoms with Gasteiger partial charge in [0.25, 0.3) is 11.8 Å². The Bertz CT molecular complexity index is 1030. The van der Waals surface area contributed by atoms with Gasteiger partial charge in [0.15, 0.2) is 11.5 Å². The van der Waals surface area contributed by atoms with E-state index in [1.807, 2.05) is 0 Å². The molecule has 3 rings (SSSR count). The van der Waals surface area contributed by atoms with Crippen LogP contribution in [-0.4, -0.2) is 44.1 Å². The van der Waals surface area contributed by atoms with E-state index in [0.717, 1.165) is 4.90 Å². The lowest BCUT2D eigenvalue weighted by molar-refractivity contribution is -0.130. The summed E-state index contributed by atoms with van der Waals surface area (Å²) in [5, 5.41) is 2.14. The Balaban J connectivity index is 1.99. The van der Waals surface area contributed by atoms with E-state index in [9.17, 15) is 18.8 Å². The third-order valence-electron chi connectivity index (χ3n) is 4.47. The van der Waals surface area contributed by atoms with Gasteiger partial charge >= 0.3 is 6.03 Å². The Morgan fingerprint density at radius 1 is 0.933 bits per heavy atom. The quantitative estimate of drug-likeness (QED) is 0.577. The highest BCUT2D eigenvalue weighted by molar-refractivity contribution is 6.31. The average molecular weight is 414 g/mol. The van der Waals surface area contributed by atoms with Gasteiger partial charge in [0.2, 0.25) is 5.75 Å². The molecule has 156 valence electrons. The van der Waals surface area contributed by atoms with E-state index in [4.69, 9.17) is 14.2 Å². The lowest BCUT2D eigenvalue weighted by Gasteiger charge is -2.26. The van der Waals surface area contributed by atoms with Crippen molar-refractivity contribution >= 4 is 23.9 Å². The van der Waals surface area contributed by atoms with Crippen LogP contribution in [0.3, 0.4) is 0 Å². The van der Waals surface area contributed by atoms with E-state index in [1.54, 1.807) is 12.1 Å². The molecule has 2 aromatic carbocycles. The van der Waals surface area contributed by atoms with Crippen LogP contribution in [0.4, 0.5) is 9.18 Å². The maximum absolute atomic E-state index is 13.1. The molecule has 1 saturated heterocycles. The number of halogens is 1. The van der Waals surface area contributed by atoms with Crippen molar-refractivity contribution in [1.29, 1.82) is 0 Å². The van der Waals surface area contributed by atoms with Gasteiger partial charge in [-0.25, -0.2) is 9.18 Å². The second-order valence-electron chi connectivity index (χ2n) is 6.26. The molecule has 4 amide bonds. The Morgan fingerprint density at radius 2 is 1.60 bits per heavy atom. The normalized spacial score (nSPS) is 15.3. The van der Waals surface area contributed by atoms with Gasteiger partial charge in [0.05, 0.1) is 27.9 Å². The van der Waals surface area contributed by atoms with Gasteiger partial charge in [0.1, 0.15) is 11.4 Å². The van der Waals surface area contributed by atoms with Crippen molar-refractivity contribution in [3.8, 4) is 17.2 Å². The highest BCUT2D eigenvalue weighted by Crippen LogP contribution is 2.40. The van der Waals surface area contributed by atoms with Crippen LogP contribution in [-0.2, 0) is 16.1 Å². The molecule has 0 saturated carbocycles. The molecule has 1 N–H and O–H groups in total. The number of ether oxygens (including phenoxy) is 3. The fourth-order valence-corrected chi connectivity index (χ4v) is 3.00. The molecule has 30 heavy (non-hydrogen) atoms. The van der Waals surface area contributed by atoms with Gasteiger partial charge < -0.3 is 14.2 Å². The number of imide groups is 2. The topological polar surface area (TPSA) is 94.2 Å². The van der Waals surface area contributed by atoms with Gasteiger partial charge in [-0.05, 0) is 35.9 Å². The molecule has 1 aliphatic heterocycles. The maximum atomic E-state index is 13.1. The molecule has 1 aliphatic rings. The summed E-state index contributed by atoms with van der Waals surface area (Å²) in [6.45, 7) is -0.126. The summed E-state index contributed by atoms with van der Waals surface area (Å²) < 4.78 is 29.0. The number of benzene rings is 2. The number of methoxy groups -OCH3 is 3. The Labute approximate surface area is 171 Å². The average Bonchev–Trinajstić information content (AvgIpc) is 2.74. The molecular weight excluding hydrogens is 395 g/mol. The minimum Gasteiger partial charge on any atom is -0.493 e. The second kappa shape index (κ2) is 8.64. The van der Waals surface area contributed by atoms with Gasteiger partial charge in [-0.1, -0.05) is 12.1 Å². The smallest absolute Gasteiger partial charge is 0.331 e. The van der Waals surface area contributed by atoms with E-state index in [0.29, 0.717) is 16.9 Å². The molecule has 0 unspecified atom stereocenters. The summed E-state index contributed by atoms with van der Waals surface area (Å²) in [6.07, 6.45) is 1.31. The van der Waals surface area contributed by atoms with E-state index < -0.39 is 23.7 Å². The highest BCUT2D eigenvalue weighted by atomic mass is 19.1. The van der Waals surface area contributed by atoms with Crippen LogP contribution in [0.25, 0.3) is 6.08 Å². The third kappa shape index (κ3) is 3.95. The number of rotatable bonds is 6. The summed E-state index contributed by atoms with van der Waals surface area (Å²) >= 11 is 0. The second-order valence-corrected chi connectivity index (χ2v) is 6.26. The van der Waals surface area contributed by atoms with E-state index >= 15 is 0 Å². The van der Waals surface area contributed by atoms with Gasteiger partial charge in [-0.2, -0.15) is 0 Å². The number of hydrogen-bond acceptors (Lipinski definition) is 6. The zero-order valence-corrected chi connectivity index (χ0v) is 16.5. The Kier molecular flexibility index (Phi) is 6.01. The van der Waals surface area contributed by atoms with Crippen molar-refractivity contribution in [3.05, 3.63) is 58.9 Å². The molecule has 1 fully saturated rings. The lowest BCUT2D eigenvalue weighted by Crippen LogP contribution is -2.53. The monoisotopic (exact) mass is 414 g/mol. The van der Waals surface area contributed by atoms with Crippen LogP contribution in [0.1, 0.15) is 11.1 Å². The minimum absolute atomic E-state index is 0.126. The van der Waals surface area contributed by atoms with E-state index in [2.05, 4.69) is 5.32 Å². The number of nitrogens with one attached hydrogen (secondary N) is 1. The van der Waals surface area contributed by atoms with Crippen LogP contribution < -0.4 is 19.5 Å². The van der Waals surface area contributed by atoms with Crippen molar-refractivity contribution in [2.75, 3.05) is 21.3 Å². The van der Waals surface area contributed by atoms with Crippen LogP contribution in [0.5, 0.6) is 17.2 Å². The van der Waals surface area contributed by atoms with Crippen molar-refractivity contribution < 1.29 is 33.0 Å². The number of nitrogens with zero attached hydrogens (tertiary/aromatic N) is 1. The van der Waals surface area contributed by atoms with Gasteiger partial charge in [0, 0.05) is 5.56 Å². The zero-order chi connectivity index (χ0) is 21.8. The standard InChI is InChI=1S/C21H19FN2O6/c1-28-16-9-6-13(17(29-2)18(16)30-3)10-15-19(25)23-21(27)24(20(15)26)11-12-4-7-14(22)8-5-12/h4-10H,11H2,1-3H3,(H,23,25,27). The third-order valence-corrected chi connectivity index (χ3v) is 4.47. The van der Waals surface area contributed by atoms with Crippen LogP contribution in [0.15, 0.2) is 42.0 Å². The van der Waals surface area contributed by atoms with Crippen LogP contribution in [0.2, 0.25) is 0 Å². The summed E-state index contributed by atoms with van der Waals surface area (Å²) in [4.78, 5) is 38.3. The Morgan fingerprint density at radius 3 is 2.20 bits per heavy atom. The Hall–Kier alpha value is -3.88. The number of amides is 4. The molecular formula is C21H19FN2O6. The number of barbiturate groups is 1. The summed E-state index contributed by atoms with van der Waals surface area (Å²) in [5.74, 6) is -1.11. The van der Waals surface area contributed by atoms with E-state index in [1.165, 1.54) is 51.7 Å². The fraction of sp³-hybridized carbons (Fsp3) is 0.190. The first-order valence-corrected chi connectivity index (χ1v) is 8.81. The molecule has 0 spiro atoms. The first-order valence-electron chi connectivity index (χ1n) is 8.81. The van der Waals surface area contributed by atoms with Gasteiger partial charge in [-0.15, -0.1) is 0 Å². The molecule has 0 radical (unpaired) electrons. The summed E-state index contributed by atoms with van der Waals surface area (Å²) in [7, 11) is 4.30. The molecule has 2 aromatic rings.